The van der Waals surface area contributed by atoms with Crippen LogP contribution in [-0.4, -0.2) is 15.8 Å². The number of aryl methyl sites for hydroxylation is 2. The fourth-order valence-electron chi connectivity index (χ4n) is 14.2. The standard InChI is InChI=1S/C71H68BN3/c1-69(2,3)47-39-55(45-23-11-9-12-24-45)68(56(40-47)46-25-13-10-14-26-46)75-65-44-50(74-63-33-21-17-29-53(63)54-30-18-22-34-64(54)74)36-38-60(65)72-59-37-35-49(73-61-31-19-15-27-51(61)52-28-16-20-32-62(52)73)43-57(59)71(7,8)58-41-48(70(4,5)6)42-66(75)67(58)72/h9-15,17,19,21,23-27,29,31,33,35-44H,16,18,20,22,28,30,32,34H2,1-8H3. The average molecular weight is 974 g/mol. The van der Waals surface area contributed by atoms with Crippen LogP contribution in [-0.2, 0) is 41.9 Å². The second-order valence-corrected chi connectivity index (χ2v) is 25.0. The first-order valence-electron chi connectivity index (χ1n) is 28.1. The Bertz CT molecular complexity index is 3880. The van der Waals surface area contributed by atoms with Gasteiger partial charge in [0.25, 0.3) is 0 Å². The summed E-state index contributed by atoms with van der Waals surface area (Å²) >= 11 is 0. The largest absolute Gasteiger partial charge is 0.313 e. The van der Waals surface area contributed by atoms with Crippen LogP contribution in [0, 0.1) is 0 Å². The molecule has 0 radical (unpaired) electrons. The molecule has 14 rings (SSSR count). The first kappa shape index (κ1) is 46.3. The van der Waals surface area contributed by atoms with Crippen molar-refractivity contribution in [1.29, 1.82) is 0 Å². The Kier molecular flexibility index (Phi) is 10.4. The van der Waals surface area contributed by atoms with Crippen LogP contribution >= 0.6 is 0 Å². The zero-order valence-electron chi connectivity index (χ0n) is 45.2. The molecule has 2 aliphatic heterocycles. The smallest absolute Gasteiger partial charge is 0.247 e. The molecule has 4 heterocycles. The van der Waals surface area contributed by atoms with Crippen LogP contribution in [0.5, 0.6) is 0 Å². The zero-order valence-corrected chi connectivity index (χ0v) is 45.2. The molecule has 370 valence electrons. The van der Waals surface area contributed by atoms with Gasteiger partial charge in [-0.3, -0.25) is 0 Å². The molecule has 0 unspecified atom stereocenters. The Labute approximate surface area is 445 Å². The van der Waals surface area contributed by atoms with Crippen LogP contribution < -0.4 is 21.3 Å². The van der Waals surface area contributed by atoms with E-state index in [-0.39, 0.29) is 23.0 Å². The topological polar surface area (TPSA) is 13.1 Å². The third-order valence-corrected chi connectivity index (χ3v) is 18.1. The van der Waals surface area contributed by atoms with Gasteiger partial charge in [-0.1, -0.05) is 176 Å². The molecule has 0 spiro atoms. The van der Waals surface area contributed by atoms with Crippen LogP contribution in [0.1, 0.15) is 126 Å². The summed E-state index contributed by atoms with van der Waals surface area (Å²) in [6.07, 6.45) is 9.44. The lowest BCUT2D eigenvalue weighted by Gasteiger charge is -2.47. The van der Waals surface area contributed by atoms with E-state index in [0.717, 1.165) is 25.7 Å². The lowest BCUT2D eigenvalue weighted by molar-refractivity contribution is 0.583. The van der Waals surface area contributed by atoms with Crippen molar-refractivity contribution in [3.8, 4) is 33.6 Å². The monoisotopic (exact) mass is 974 g/mol. The minimum Gasteiger partial charge on any atom is -0.313 e. The number of anilines is 3. The summed E-state index contributed by atoms with van der Waals surface area (Å²) in [5.41, 5.74) is 29.1. The van der Waals surface area contributed by atoms with Crippen molar-refractivity contribution in [2.45, 2.75) is 123 Å². The zero-order chi connectivity index (χ0) is 51.1. The maximum Gasteiger partial charge on any atom is 0.247 e. The third-order valence-electron chi connectivity index (χ3n) is 18.1. The van der Waals surface area contributed by atoms with Crippen molar-refractivity contribution in [2.75, 3.05) is 4.90 Å². The summed E-state index contributed by atoms with van der Waals surface area (Å²) in [6, 6.07) is 66.3. The van der Waals surface area contributed by atoms with E-state index in [2.05, 4.69) is 239 Å². The Morgan fingerprint density at radius 3 is 1.47 bits per heavy atom. The van der Waals surface area contributed by atoms with Gasteiger partial charge in [-0.2, -0.15) is 0 Å². The highest BCUT2D eigenvalue weighted by Crippen LogP contribution is 2.52. The number of nitrogens with zero attached hydrogens (tertiary/aromatic N) is 3. The van der Waals surface area contributed by atoms with E-state index in [0.29, 0.717) is 0 Å². The molecule has 0 bridgehead atoms. The predicted molar refractivity (Wildman–Crippen MR) is 320 cm³/mol. The van der Waals surface area contributed by atoms with Crippen molar-refractivity contribution < 1.29 is 0 Å². The molecule has 0 saturated carbocycles. The van der Waals surface area contributed by atoms with Crippen molar-refractivity contribution in [1.82, 2.24) is 9.13 Å². The second-order valence-electron chi connectivity index (χ2n) is 25.0. The lowest BCUT2D eigenvalue weighted by atomic mass is 9.30. The minimum absolute atomic E-state index is 0.0150. The minimum atomic E-state index is -0.316. The first-order chi connectivity index (χ1) is 36.3. The van der Waals surface area contributed by atoms with Crippen LogP contribution in [0.15, 0.2) is 170 Å². The van der Waals surface area contributed by atoms with Gasteiger partial charge in [0, 0.05) is 61.5 Å². The van der Waals surface area contributed by atoms with E-state index >= 15 is 0 Å². The van der Waals surface area contributed by atoms with E-state index in [1.165, 1.54) is 154 Å². The van der Waals surface area contributed by atoms with E-state index in [1.54, 1.807) is 5.56 Å². The first-order valence-corrected chi connectivity index (χ1v) is 28.1. The van der Waals surface area contributed by atoms with Crippen LogP contribution in [0.4, 0.5) is 17.1 Å². The van der Waals surface area contributed by atoms with Crippen molar-refractivity contribution in [3.63, 3.8) is 0 Å². The lowest BCUT2D eigenvalue weighted by Crippen LogP contribution is -2.64. The van der Waals surface area contributed by atoms with Crippen LogP contribution in [0.25, 0.3) is 55.4 Å². The highest BCUT2D eigenvalue weighted by Gasteiger charge is 2.48. The fourth-order valence-corrected chi connectivity index (χ4v) is 14.2. The Morgan fingerprint density at radius 2 is 0.920 bits per heavy atom. The third kappa shape index (κ3) is 7.07. The van der Waals surface area contributed by atoms with Gasteiger partial charge < -0.3 is 14.0 Å². The van der Waals surface area contributed by atoms with E-state index in [4.69, 9.17) is 0 Å². The number of fused-ring (bicyclic) bond motifs is 10. The Hall–Kier alpha value is -7.30. The number of aromatic nitrogens is 2. The van der Waals surface area contributed by atoms with Gasteiger partial charge in [0.2, 0.25) is 6.71 Å². The molecule has 8 aromatic carbocycles. The van der Waals surface area contributed by atoms with Crippen LogP contribution in [0.3, 0.4) is 0 Å². The molecular weight excluding hydrogens is 906 g/mol. The summed E-state index contributed by atoms with van der Waals surface area (Å²) in [6.45, 7) is 19.4. The summed E-state index contributed by atoms with van der Waals surface area (Å²) in [5.74, 6) is 0. The summed E-state index contributed by atoms with van der Waals surface area (Å²) in [4.78, 5) is 2.76. The highest BCUT2D eigenvalue weighted by molar-refractivity contribution is 6.99. The molecule has 2 aliphatic carbocycles. The fraction of sp³-hybridized carbons (Fsp3) is 0.268. The summed E-state index contributed by atoms with van der Waals surface area (Å²) in [5, 5.41) is 2.82. The molecule has 10 aromatic rings. The van der Waals surface area contributed by atoms with E-state index < -0.39 is 0 Å². The van der Waals surface area contributed by atoms with Gasteiger partial charge in [-0.05, 0) is 172 Å². The normalized spacial score (nSPS) is 15.6. The quantitative estimate of drug-likeness (QED) is 0.157. The predicted octanol–water partition coefficient (Wildman–Crippen LogP) is 16.2. The van der Waals surface area contributed by atoms with Crippen LogP contribution in [0.2, 0.25) is 0 Å². The number of benzene rings is 8. The molecule has 0 N–H and O–H groups in total. The van der Waals surface area contributed by atoms with E-state index in [9.17, 15) is 0 Å². The molecule has 0 saturated heterocycles. The van der Waals surface area contributed by atoms with Crippen molar-refractivity contribution in [3.05, 3.63) is 215 Å². The van der Waals surface area contributed by atoms with Gasteiger partial charge in [-0.15, -0.1) is 0 Å². The molecule has 0 fully saturated rings. The Morgan fingerprint density at radius 1 is 0.440 bits per heavy atom. The SMILES string of the molecule is CC(C)(C)c1cc(-c2ccccc2)c(N2c3cc(-n4c5c(c6ccccc64)CCCC5)ccc3B3c4ccc(-n5c6c(c7ccccc75)CCCC6)cc4C(C)(C)c4cc(C(C)(C)C)cc2c43)c(-c2ccccc2)c1. The molecular formula is C71H68BN3. The van der Waals surface area contributed by atoms with Crippen molar-refractivity contribution >= 4 is 62.0 Å². The van der Waals surface area contributed by atoms with Gasteiger partial charge >= 0.3 is 0 Å². The number of hydrogen-bond acceptors (Lipinski definition) is 1. The number of rotatable bonds is 5. The summed E-state index contributed by atoms with van der Waals surface area (Å²) in [7, 11) is 0. The number of para-hydroxylation sites is 2. The maximum absolute atomic E-state index is 2.76. The average Bonchev–Trinajstić information content (AvgIpc) is 3.94. The molecule has 4 aliphatic rings. The molecule has 3 nitrogen and oxygen atoms in total. The van der Waals surface area contributed by atoms with Gasteiger partial charge in [-0.25, -0.2) is 0 Å². The molecule has 0 amide bonds. The number of hydrogen-bond donors (Lipinski definition) is 0. The highest BCUT2D eigenvalue weighted by atomic mass is 15.2. The van der Waals surface area contributed by atoms with Gasteiger partial charge in [0.15, 0.2) is 0 Å². The second kappa shape index (κ2) is 16.9. The summed E-state index contributed by atoms with van der Waals surface area (Å²) < 4.78 is 5.27. The Balaban J connectivity index is 1.11. The molecule has 2 aromatic heterocycles. The molecule has 75 heavy (non-hydrogen) atoms. The van der Waals surface area contributed by atoms with E-state index in [1.807, 2.05) is 0 Å². The molecule has 0 atom stereocenters. The van der Waals surface area contributed by atoms with Gasteiger partial charge in [0.1, 0.15) is 0 Å². The van der Waals surface area contributed by atoms with Crippen molar-refractivity contribution in [2.24, 2.45) is 0 Å². The molecule has 4 heteroatoms. The van der Waals surface area contributed by atoms with Gasteiger partial charge in [0.05, 0.1) is 16.7 Å². The maximum atomic E-state index is 2.76.